The third-order valence-electron chi connectivity index (χ3n) is 4.81. The van der Waals surface area contributed by atoms with Crippen LogP contribution in [0.1, 0.15) is 6.42 Å². The van der Waals surface area contributed by atoms with E-state index in [1.54, 1.807) is 48.4 Å². The van der Waals surface area contributed by atoms with Gasteiger partial charge in [0.25, 0.3) is 0 Å². The van der Waals surface area contributed by atoms with Gasteiger partial charge in [0.2, 0.25) is 11.8 Å². The van der Waals surface area contributed by atoms with E-state index in [1.807, 2.05) is 0 Å². The molecular weight excluding hydrogens is 403 g/mol. The average molecular weight is 422 g/mol. The zero-order chi connectivity index (χ0) is 21.8. The molecule has 9 heteroatoms. The Balaban J connectivity index is 1.37. The Morgan fingerprint density at radius 2 is 1.84 bits per heavy atom. The maximum Gasteiger partial charge on any atom is 0.322 e. The number of benzene rings is 2. The standard InChI is InChI=1S/C22H19FN4O4/c1-30-17-8-6-16(7-9-17)27-13-14(10-20(27)28)21(29)26-15-11-24-22(25-12-15)31-19-5-3-2-4-18(19)23/h2-9,11-12,14H,10,13H2,1H3,(H,26,29). The summed E-state index contributed by atoms with van der Waals surface area (Å²) in [4.78, 5) is 34.5. The normalized spacial score (nSPS) is 15.6. The summed E-state index contributed by atoms with van der Waals surface area (Å²) in [6.45, 7) is 0.270. The fourth-order valence-electron chi connectivity index (χ4n) is 3.20. The van der Waals surface area contributed by atoms with E-state index in [2.05, 4.69) is 15.3 Å². The number of rotatable bonds is 6. The molecule has 1 saturated heterocycles. The zero-order valence-electron chi connectivity index (χ0n) is 16.6. The number of methoxy groups -OCH3 is 1. The molecule has 4 rings (SSSR count). The quantitative estimate of drug-likeness (QED) is 0.654. The van der Waals surface area contributed by atoms with E-state index in [1.165, 1.54) is 24.5 Å². The Labute approximate surface area is 177 Å². The van der Waals surface area contributed by atoms with Crippen LogP contribution in [-0.4, -0.2) is 35.4 Å². The van der Waals surface area contributed by atoms with Gasteiger partial charge in [-0.2, -0.15) is 0 Å². The van der Waals surface area contributed by atoms with Crippen molar-refractivity contribution in [2.24, 2.45) is 5.92 Å². The molecule has 1 fully saturated rings. The highest BCUT2D eigenvalue weighted by molar-refractivity contribution is 6.03. The molecule has 2 aromatic carbocycles. The molecule has 2 heterocycles. The van der Waals surface area contributed by atoms with Gasteiger partial charge in [0.05, 0.1) is 31.1 Å². The van der Waals surface area contributed by atoms with Crippen molar-refractivity contribution in [3.8, 4) is 17.5 Å². The maximum atomic E-state index is 13.6. The summed E-state index contributed by atoms with van der Waals surface area (Å²) in [6.07, 6.45) is 2.82. The Morgan fingerprint density at radius 3 is 2.52 bits per heavy atom. The van der Waals surface area contributed by atoms with Crippen molar-refractivity contribution in [1.82, 2.24) is 9.97 Å². The summed E-state index contributed by atoms with van der Waals surface area (Å²) in [7, 11) is 1.57. The monoisotopic (exact) mass is 422 g/mol. The topological polar surface area (TPSA) is 93.7 Å². The first-order valence-corrected chi connectivity index (χ1v) is 9.53. The Bertz CT molecular complexity index is 1090. The predicted octanol–water partition coefficient (Wildman–Crippen LogP) is 3.41. The van der Waals surface area contributed by atoms with Crippen molar-refractivity contribution in [2.45, 2.75) is 6.42 Å². The lowest BCUT2D eigenvalue weighted by molar-refractivity contribution is -0.122. The lowest BCUT2D eigenvalue weighted by Crippen LogP contribution is -2.28. The van der Waals surface area contributed by atoms with Crippen molar-refractivity contribution >= 4 is 23.2 Å². The van der Waals surface area contributed by atoms with Gasteiger partial charge in [0.1, 0.15) is 5.75 Å². The number of para-hydroxylation sites is 1. The van der Waals surface area contributed by atoms with Crippen molar-refractivity contribution in [3.05, 3.63) is 66.7 Å². The molecule has 1 N–H and O–H groups in total. The van der Waals surface area contributed by atoms with Gasteiger partial charge in [-0.15, -0.1) is 0 Å². The first-order chi connectivity index (χ1) is 15.0. The minimum Gasteiger partial charge on any atom is -0.497 e. The molecule has 0 radical (unpaired) electrons. The summed E-state index contributed by atoms with van der Waals surface area (Å²) in [5.41, 5.74) is 1.06. The van der Waals surface area contributed by atoms with E-state index in [4.69, 9.17) is 9.47 Å². The SMILES string of the molecule is COc1ccc(N2CC(C(=O)Nc3cnc(Oc4ccccc4F)nc3)CC2=O)cc1. The van der Waals surface area contributed by atoms with Crippen LogP contribution < -0.4 is 19.7 Å². The van der Waals surface area contributed by atoms with Gasteiger partial charge in [-0.1, -0.05) is 12.1 Å². The van der Waals surface area contributed by atoms with Crippen molar-refractivity contribution < 1.29 is 23.5 Å². The molecule has 1 aromatic heterocycles. The molecule has 8 nitrogen and oxygen atoms in total. The van der Waals surface area contributed by atoms with Crippen molar-refractivity contribution in [1.29, 1.82) is 0 Å². The molecule has 3 aromatic rings. The molecule has 0 spiro atoms. The maximum absolute atomic E-state index is 13.6. The van der Waals surface area contributed by atoms with Crippen LogP contribution in [0.2, 0.25) is 0 Å². The highest BCUT2D eigenvalue weighted by Gasteiger charge is 2.35. The molecule has 0 bridgehead atoms. The Kier molecular flexibility index (Phi) is 5.74. The Hall–Kier alpha value is -4.01. The third-order valence-corrected chi connectivity index (χ3v) is 4.81. The molecule has 1 aliphatic heterocycles. The van der Waals surface area contributed by atoms with Crippen LogP contribution in [0.25, 0.3) is 0 Å². The number of nitrogens with one attached hydrogen (secondary N) is 1. The summed E-state index contributed by atoms with van der Waals surface area (Å²) in [5, 5.41) is 2.70. The molecule has 1 aliphatic rings. The summed E-state index contributed by atoms with van der Waals surface area (Å²) in [5.74, 6) is -0.792. The number of amides is 2. The highest BCUT2D eigenvalue weighted by atomic mass is 19.1. The van der Waals surface area contributed by atoms with Crippen LogP contribution in [0.3, 0.4) is 0 Å². The molecule has 0 saturated carbocycles. The number of nitrogens with zero attached hydrogens (tertiary/aromatic N) is 3. The fraction of sp³-hybridized carbons (Fsp3) is 0.182. The Morgan fingerprint density at radius 1 is 1.13 bits per heavy atom. The lowest BCUT2D eigenvalue weighted by atomic mass is 10.1. The van der Waals surface area contributed by atoms with Gasteiger partial charge in [-0.25, -0.2) is 14.4 Å². The first kappa shape index (κ1) is 20.3. The van der Waals surface area contributed by atoms with Gasteiger partial charge in [-0.05, 0) is 36.4 Å². The molecule has 1 unspecified atom stereocenters. The van der Waals surface area contributed by atoms with Crippen LogP contribution in [0, 0.1) is 11.7 Å². The van der Waals surface area contributed by atoms with Crippen molar-refractivity contribution in [2.75, 3.05) is 23.9 Å². The van der Waals surface area contributed by atoms with E-state index in [9.17, 15) is 14.0 Å². The van der Waals surface area contributed by atoms with E-state index in [0.717, 1.165) is 0 Å². The number of carbonyl (C=O) groups is 2. The third kappa shape index (κ3) is 4.61. The van der Waals surface area contributed by atoms with Crippen LogP contribution in [0.15, 0.2) is 60.9 Å². The number of ether oxygens (including phenoxy) is 2. The lowest BCUT2D eigenvalue weighted by Gasteiger charge is -2.17. The van der Waals surface area contributed by atoms with E-state index < -0.39 is 11.7 Å². The second-order valence-electron chi connectivity index (χ2n) is 6.88. The predicted molar refractivity (Wildman–Crippen MR) is 111 cm³/mol. The van der Waals surface area contributed by atoms with Gasteiger partial charge < -0.3 is 19.7 Å². The number of hydrogen-bond acceptors (Lipinski definition) is 6. The largest absolute Gasteiger partial charge is 0.497 e. The van der Waals surface area contributed by atoms with E-state index >= 15 is 0 Å². The summed E-state index contributed by atoms with van der Waals surface area (Å²) < 4.78 is 24.1. The molecular formula is C22H19FN4O4. The molecule has 2 amide bonds. The van der Waals surface area contributed by atoms with Gasteiger partial charge >= 0.3 is 6.01 Å². The first-order valence-electron chi connectivity index (χ1n) is 9.53. The average Bonchev–Trinajstić information content (AvgIpc) is 3.18. The number of aromatic nitrogens is 2. The van der Waals surface area contributed by atoms with Crippen LogP contribution in [0.5, 0.6) is 17.5 Å². The number of carbonyl (C=O) groups excluding carboxylic acids is 2. The van der Waals surface area contributed by atoms with Crippen LogP contribution in [0.4, 0.5) is 15.8 Å². The van der Waals surface area contributed by atoms with E-state index in [-0.39, 0.29) is 36.5 Å². The second kappa shape index (κ2) is 8.78. The highest BCUT2D eigenvalue weighted by Crippen LogP contribution is 2.28. The molecule has 0 aliphatic carbocycles. The van der Waals surface area contributed by atoms with Crippen LogP contribution >= 0.6 is 0 Å². The molecule has 158 valence electrons. The fourth-order valence-corrected chi connectivity index (χ4v) is 3.20. The van der Waals surface area contributed by atoms with Gasteiger partial charge in [0, 0.05) is 18.7 Å². The number of hydrogen-bond donors (Lipinski definition) is 1. The number of halogens is 1. The van der Waals surface area contributed by atoms with E-state index in [0.29, 0.717) is 17.1 Å². The smallest absolute Gasteiger partial charge is 0.322 e. The van der Waals surface area contributed by atoms with Gasteiger partial charge in [0.15, 0.2) is 11.6 Å². The zero-order valence-corrected chi connectivity index (χ0v) is 16.6. The second-order valence-corrected chi connectivity index (χ2v) is 6.88. The summed E-state index contributed by atoms with van der Waals surface area (Å²) in [6, 6.07) is 12.9. The molecule has 1 atom stereocenters. The van der Waals surface area contributed by atoms with Crippen molar-refractivity contribution in [3.63, 3.8) is 0 Å². The van der Waals surface area contributed by atoms with Gasteiger partial charge in [-0.3, -0.25) is 9.59 Å². The minimum atomic E-state index is -0.532. The minimum absolute atomic E-state index is 0.00220. The van der Waals surface area contributed by atoms with Crippen LogP contribution in [-0.2, 0) is 9.59 Å². The summed E-state index contributed by atoms with van der Waals surface area (Å²) >= 11 is 0. The molecule has 31 heavy (non-hydrogen) atoms. The number of anilines is 2.